The van der Waals surface area contributed by atoms with Gasteiger partial charge in [-0.05, 0) is 75.0 Å². The second kappa shape index (κ2) is 17.4. The van der Waals surface area contributed by atoms with Crippen molar-refractivity contribution >= 4 is 0 Å². The zero-order chi connectivity index (χ0) is 23.9. The van der Waals surface area contributed by atoms with Crippen LogP contribution in [0.1, 0.15) is 132 Å². The maximum absolute atomic E-state index is 5.39. The van der Waals surface area contributed by atoms with Crippen molar-refractivity contribution in [2.45, 2.75) is 145 Å². The molecule has 2 saturated heterocycles. The van der Waals surface area contributed by atoms with Gasteiger partial charge in [-0.15, -0.1) is 0 Å². The Kier molecular flexibility index (Phi) is 16.3. The lowest BCUT2D eigenvalue weighted by molar-refractivity contribution is 0.000174. The zero-order valence-corrected chi connectivity index (χ0v) is 23.3. The number of ether oxygens (including phenoxy) is 2. The van der Waals surface area contributed by atoms with Crippen LogP contribution in [-0.2, 0) is 9.47 Å². The molecule has 32 heavy (non-hydrogen) atoms. The third-order valence-corrected chi connectivity index (χ3v) is 8.07. The summed E-state index contributed by atoms with van der Waals surface area (Å²) < 4.78 is 10.8. The Labute approximate surface area is 203 Å². The first-order chi connectivity index (χ1) is 15.2. The summed E-state index contributed by atoms with van der Waals surface area (Å²) in [5, 5.41) is 0. The standard InChI is InChI=1S/2C8H16.2C7H14O/c2*1-7-3-5-8(2)6-4-7;2*1-6-3-4-7(2)8-5-6/h2*7-8H,3-6H2,1-2H3;2*6-7H,3-5H2,1-2H3. The van der Waals surface area contributed by atoms with E-state index in [2.05, 4.69) is 55.4 Å². The number of hydrogen-bond acceptors (Lipinski definition) is 2. The molecule has 0 N–H and O–H groups in total. The van der Waals surface area contributed by atoms with Crippen LogP contribution in [-0.4, -0.2) is 25.4 Å². The van der Waals surface area contributed by atoms with E-state index in [4.69, 9.17) is 9.47 Å². The second-order valence-corrected chi connectivity index (χ2v) is 12.4. The molecule has 0 radical (unpaired) electrons. The Hall–Kier alpha value is -0.0800. The maximum Gasteiger partial charge on any atom is 0.0547 e. The van der Waals surface area contributed by atoms with Crippen molar-refractivity contribution in [1.82, 2.24) is 0 Å². The molecule has 2 saturated carbocycles. The minimum absolute atomic E-state index is 0.520. The highest BCUT2D eigenvalue weighted by atomic mass is 16.5. The van der Waals surface area contributed by atoms with Gasteiger partial charge in [-0.2, -0.15) is 0 Å². The molecule has 0 aromatic heterocycles. The summed E-state index contributed by atoms with van der Waals surface area (Å²) in [5.41, 5.74) is 0. The van der Waals surface area contributed by atoms with Gasteiger partial charge in [0.05, 0.1) is 12.2 Å². The minimum Gasteiger partial charge on any atom is -0.378 e. The SMILES string of the molecule is CC1CCC(C)CC1.CC1CCC(C)CC1.CC1CCC(C)OC1.CC1CCC(C)OC1. The van der Waals surface area contributed by atoms with Gasteiger partial charge in [-0.3, -0.25) is 0 Å². The summed E-state index contributed by atoms with van der Waals surface area (Å²) in [6, 6.07) is 0. The first-order valence-electron chi connectivity index (χ1n) is 14.4. The van der Waals surface area contributed by atoms with E-state index in [1.807, 2.05) is 0 Å². The van der Waals surface area contributed by atoms with Gasteiger partial charge in [0, 0.05) is 13.2 Å². The van der Waals surface area contributed by atoms with E-state index in [9.17, 15) is 0 Å². The molecule has 0 aromatic rings. The van der Waals surface area contributed by atoms with E-state index in [0.717, 1.165) is 48.7 Å². The predicted molar refractivity (Wildman–Crippen MR) is 141 cm³/mol. The molecule has 192 valence electrons. The highest BCUT2D eigenvalue weighted by Crippen LogP contribution is 2.28. The molecule has 0 amide bonds. The van der Waals surface area contributed by atoms with Crippen LogP contribution in [0.15, 0.2) is 0 Å². The van der Waals surface area contributed by atoms with Crippen molar-refractivity contribution in [2.24, 2.45) is 35.5 Å². The summed E-state index contributed by atoms with van der Waals surface area (Å²) in [5.74, 6) is 5.67. The lowest BCUT2D eigenvalue weighted by Crippen LogP contribution is -2.21. The number of rotatable bonds is 0. The van der Waals surface area contributed by atoms with Gasteiger partial charge < -0.3 is 9.47 Å². The molecule has 4 atom stereocenters. The van der Waals surface area contributed by atoms with E-state index in [-0.39, 0.29) is 0 Å². The molecule has 2 nitrogen and oxygen atoms in total. The summed E-state index contributed by atoms with van der Waals surface area (Å²) in [4.78, 5) is 0. The predicted octanol–water partition coefficient (Wildman–Crippen LogP) is 9.31. The molecule has 0 bridgehead atoms. The molecule has 4 rings (SSSR count). The van der Waals surface area contributed by atoms with Crippen LogP contribution in [0.2, 0.25) is 0 Å². The number of hydrogen-bond donors (Lipinski definition) is 0. The highest BCUT2D eigenvalue weighted by Gasteiger charge is 2.15. The van der Waals surface area contributed by atoms with Gasteiger partial charge >= 0.3 is 0 Å². The Morgan fingerprint density at radius 3 is 0.688 bits per heavy atom. The van der Waals surface area contributed by atoms with E-state index >= 15 is 0 Å². The van der Waals surface area contributed by atoms with Crippen LogP contribution in [0.4, 0.5) is 0 Å². The Bertz CT molecular complexity index is 285. The maximum atomic E-state index is 5.39. The fourth-order valence-electron chi connectivity index (χ4n) is 4.88. The molecule has 2 aliphatic heterocycles. The van der Waals surface area contributed by atoms with Crippen LogP contribution < -0.4 is 0 Å². The minimum atomic E-state index is 0.520. The Morgan fingerprint density at radius 2 is 0.531 bits per heavy atom. The van der Waals surface area contributed by atoms with Crippen LogP contribution in [0.3, 0.4) is 0 Å². The van der Waals surface area contributed by atoms with Crippen molar-refractivity contribution < 1.29 is 9.47 Å². The first-order valence-corrected chi connectivity index (χ1v) is 14.4. The van der Waals surface area contributed by atoms with Crippen LogP contribution in [0.5, 0.6) is 0 Å². The lowest BCUT2D eigenvalue weighted by Gasteiger charge is -2.23. The Balaban J connectivity index is 0.000000213. The third-order valence-electron chi connectivity index (χ3n) is 8.07. The first kappa shape index (κ1) is 30.0. The lowest BCUT2D eigenvalue weighted by atomic mass is 9.84. The van der Waals surface area contributed by atoms with Crippen molar-refractivity contribution in [2.75, 3.05) is 13.2 Å². The molecule has 4 aliphatic rings. The van der Waals surface area contributed by atoms with Crippen molar-refractivity contribution in [3.8, 4) is 0 Å². The molecule has 0 aromatic carbocycles. The average Bonchev–Trinajstić information content (AvgIpc) is 2.78. The quantitative estimate of drug-likeness (QED) is 0.364. The molecule has 4 unspecified atom stereocenters. The Morgan fingerprint density at radius 1 is 0.312 bits per heavy atom. The molecule has 2 aliphatic carbocycles. The van der Waals surface area contributed by atoms with E-state index in [0.29, 0.717) is 12.2 Å². The van der Waals surface area contributed by atoms with Gasteiger partial charge in [-0.1, -0.05) is 92.9 Å². The largest absolute Gasteiger partial charge is 0.378 e. The summed E-state index contributed by atoms with van der Waals surface area (Å²) in [7, 11) is 0. The van der Waals surface area contributed by atoms with E-state index in [1.165, 1.54) is 77.0 Å². The molecular weight excluding hydrogens is 392 g/mol. The normalized spacial score (nSPS) is 39.8. The summed E-state index contributed by atoms with van der Waals surface area (Å²) in [6.07, 6.45) is 18.0. The molecule has 0 spiro atoms. The van der Waals surface area contributed by atoms with Crippen molar-refractivity contribution in [3.05, 3.63) is 0 Å². The van der Waals surface area contributed by atoms with Crippen LogP contribution in [0, 0.1) is 35.5 Å². The van der Waals surface area contributed by atoms with Crippen molar-refractivity contribution in [3.63, 3.8) is 0 Å². The van der Waals surface area contributed by atoms with Crippen LogP contribution in [0.25, 0.3) is 0 Å². The van der Waals surface area contributed by atoms with Gasteiger partial charge in [-0.25, -0.2) is 0 Å². The molecule has 2 heteroatoms. The van der Waals surface area contributed by atoms with Gasteiger partial charge in [0.1, 0.15) is 0 Å². The molecule has 4 fully saturated rings. The third kappa shape index (κ3) is 15.7. The second-order valence-electron chi connectivity index (χ2n) is 12.4. The van der Waals surface area contributed by atoms with Crippen molar-refractivity contribution in [1.29, 1.82) is 0 Å². The van der Waals surface area contributed by atoms with Crippen LogP contribution >= 0.6 is 0 Å². The average molecular weight is 453 g/mol. The molecule has 2 heterocycles. The summed E-state index contributed by atoms with van der Waals surface area (Å²) in [6.45, 7) is 20.2. The van der Waals surface area contributed by atoms with Gasteiger partial charge in [0.15, 0.2) is 0 Å². The smallest absolute Gasteiger partial charge is 0.0547 e. The fraction of sp³-hybridized carbons (Fsp3) is 1.00. The van der Waals surface area contributed by atoms with E-state index in [1.54, 1.807) is 0 Å². The highest BCUT2D eigenvalue weighted by molar-refractivity contribution is 4.67. The fourth-order valence-corrected chi connectivity index (χ4v) is 4.88. The van der Waals surface area contributed by atoms with E-state index < -0.39 is 0 Å². The zero-order valence-electron chi connectivity index (χ0n) is 23.3. The molecular formula is C30H60O2. The van der Waals surface area contributed by atoms with Gasteiger partial charge in [0.2, 0.25) is 0 Å². The monoisotopic (exact) mass is 452 g/mol. The van der Waals surface area contributed by atoms with Gasteiger partial charge in [0.25, 0.3) is 0 Å². The summed E-state index contributed by atoms with van der Waals surface area (Å²) >= 11 is 0. The topological polar surface area (TPSA) is 18.5 Å².